The minimum Gasteiger partial charge on any atom is -0.457 e. The number of rotatable bonds is 9. The molecule has 3 amide bonds. The molecule has 0 spiro atoms. The van der Waals surface area contributed by atoms with E-state index in [1.807, 2.05) is 54.6 Å². The molecule has 1 saturated carbocycles. The third-order valence-corrected chi connectivity index (χ3v) is 8.41. The van der Waals surface area contributed by atoms with Crippen LogP contribution in [0, 0.1) is 17.2 Å². The van der Waals surface area contributed by atoms with Crippen molar-refractivity contribution in [1.29, 1.82) is 5.26 Å². The third-order valence-electron chi connectivity index (χ3n) is 8.41. The van der Waals surface area contributed by atoms with E-state index < -0.39 is 11.6 Å². The lowest BCUT2D eigenvalue weighted by atomic mass is 9.84. The fourth-order valence-corrected chi connectivity index (χ4v) is 6.15. The summed E-state index contributed by atoms with van der Waals surface area (Å²) in [5.74, 6) is 1.67. The second-order valence-electron chi connectivity index (χ2n) is 11.5. The number of hydrogen-bond donors (Lipinski definition) is 2. The highest BCUT2D eigenvalue weighted by molar-refractivity contribution is 5.88. The highest BCUT2D eigenvalue weighted by Gasteiger charge is 2.41. The minimum atomic E-state index is -0.996. The lowest BCUT2D eigenvalue weighted by Crippen LogP contribution is -2.58. The third kappa shape index (κ3) is 7.99. The first-order valence-corrected chi connectivity index (χ1v) is 14.9. The standard InChI is InChI=1S/C32H41N5O4/c33-23-32(14-15-36(24-32)22-26-10-7-13-28(20-26)41-27-11-5-2-6-12-27)35-30(38)29(21-25-8-3-1-4-9-25)34-31(39)37-16-18-40-19-17-37/h2,5-7,10-13,20,25,29H,1,3-4,8-9,14-19,21-22,24H2,(H,34,39)(H,35,38). The van der Waals surface area contributed by atoms with E-state index in [9.17, 15) is 14.9 Å². The summed E-state index contributed by atoms with van der Waals surface area (Å²) in [6.07, 6.45) is 6.81. The summed E-state index contributed by atoms with van der Waals surface area (Å²) in [6.45, 7) is 3.78. The van der Waals surface area contributed by atoms with Gasteiger partial charge in [0.05, 0.1) is 19.3 Å². The van der Waals surface area contributed by atoms with Gasteiger partial charge >= 0.3 is 6.03 Å². The Labute approximate surface area is 242 Å². The zero-order valence-electron chi connectivity index (χ0n) is 23.7. The number of urea groups is 1. The fraction of sp³-hybridized carbons (Fsp3) is 0.531. The summed E-state index contributed by atoms with van der Waals surface area (Å²) in [4.78, 5) is 30.6. The van der Waals surface area contributed by atoms with Gasteiger partial charge in [0.1, 0.15) is 23.1 Å². The zero-order chi connectivity index (χ0) is 28.5. The Balaban J connectivity index is 1.21. The van der Waals surface area contributed by atoms with Crippen LogP contribution >= 0.6 is 0 Å². The lowest BCUT2D eigenvalue weighted by Gasteiger charge is -2.32. The van der Waals surface area contributed by atoms with Gasteiger partial charge in [0.2, 0.25) is 5.91 Å². The number of para-hydroxylation sites is 1. The van der Waals surface area contributed by atoms with Crippen LogP contribution < -0.4 is 15.4 Å². The maximum atomic E-state index is 13.7. The van der Waals surface area contributed by atoms with Crippen LogP contribution in [0.4, 0.5) is 4.79 Å². The fourth-order valence-electron chi connectivity index (χ4n) is 6.15. The average Bonchev–Trinajstić information content (AvgIpc) is 3.40. The van der Waals surface area contributed by atoms with E-state index >= 15 is 0 Å². The van der Waals surface area contributed by atoms with Crippen molar-refractivity contribution in [2.75, 3.05) is 39.4 Å². The quantitative estimate of drug-likeness (QED) is 0.470. The molecule has 2 atom stereocenters. The van der Waals surface area contributed by atoms with Crippen LogP contribution in [0.1, 0.15) is 50.5 Å². The molecule has 2 aromatic carbocycles. The van der Waals surface area contributed by atoms with E-state index in [0.29, 0.717) is 64.7 Å². The topological polar surface area (TPSA) is 107 Å². The van der Waals surface area contributed by atoms with Crippen LogP contribution in [0.3, 0.4) is 0 Å². The van der Waals surface area contributed by atoms with Gasteiger partial charge in [-0.25, -0.2) is 4.79 Å². The lowest BCUT2D eigenvalue weighted by molar-refractivity contribution is -0.124. The minimum absolute atomic E-state index is 0.235. The largest absolute Gasteiger partial charge is 0.457 e. The number of ether oxygens (including phenoxy) is 2. The summed E-state index contributed by atoms with van der Waals surface area (Å²) in [5.41, 5.74) is 0.0791. The molecule has 9 heteroatoms. The van der Waals surface area contributed by atoms with Gasteiger partial charge in [0.25, 0.3) is 0 Å². The van der Waals surface area contributed by atoms with Crippen LogP contribution in [0.2, 0.25) is 0 Å². The summed E-state index contributed by atoms with van der Waals surface area (Å²) >= 11 is 0. The Bertz CT molecular complexity index is 1210. The molecule has 2 aromatic rings. The van der Waals surface area contributed by atoms with Crippen LogP contribution in [-0.4, -0.2) is 72.7 Å². The van der Waals surface area contributed by atoms with Crippen LogP contribution in [0.25, 0.3) is 0 Å². The van der Waals surface area contributed by atoms with Gasteiger partial charge in [-0.1, -0.05) is 62.4 Å². The molecular formula is C32H41N5O4. The molecule has 41 heavy (non-hydrogen) atoms. The van der Waals surface area contributed by atoms with E-state index in [-0.39, 0.29) is 11.9 Å². The van der Waals surface area contributed by atoms with Crippen molar-refractivity contribution in [1.82, 2.24) is 20.4 Å². The molecular weight excluding hydrogens is 518 g/mol. The number of amides is 3. The van der Waals surface area contributed by atoms with Crippen molar-refractivity contribution in [3.63, 3.8) is 0 Å². The molecule has 2 N–H and O–H groups in total. The molecule has 2 saturated heterocycles. The number of morpholine rings is 1. The summed E-state index contributed by atoms with van der Waals surface area (Å²) in [5, 5.41) is 16.3. The second-order valence-corrected chi connectivity index (χ2v) is 11.5. The molecule has 9 nitrogen and oxygen atoms in total. The van der Waals surface area contributed by atoms with Gasteiger partial charge < -0.3 is 25.0 Å². The average molecular weight is 560 g/mol. The van der Waals surface area contributed by atoms with Crippen molar-refractivity contribution in [3.05, 3.63) is 60.2 Å². The van der Waals surface area contributed by atoms with Crippen LogP contribution in [-0.2, 0) is 16.1 Å². The molecule has 2 heterocycles. The zero-order valence-corrected chi connectivity index (χ0v) is 23.7. The monoisotopic (exact) mass is 559 g/mol. The van der Waals surface area contributed by atoms with Crippen molar-refractivity contribution in [3.8, 4) is 17.6 Å². The first-order valence-electron chi connectivity index (χ1n) is 14.9. The van der Waals surface area contributed by atoms with Crippen molar-refractivity contribution in [2.45, 2.75) is 63.1 Å². The number of hydrogen-bond acceptors (Lipinski definition) is 6. The van der Waals surface area contributed by atoms with E-state index in [2.05, 4.69) is 21.6 Å². The summed E-state index contributed by atoms with van der Waals surface area (Å²) < 4.78 is 11.4. The Morgan fingerprint density at radius 3 is 2.54 bits per heavy atom. The van der Waals surface area contributed by atoms with Gasteiger partial charge in [0.15, 0.2) is 0 Å². The van der Waals surface area contributed by atoms with Gasteiger partial charge in [-0.3, -0.25) is 9.69 Å². The molecule has 218 valence electrons. The number of carbonyl (C=O) groups excluding carboxylic acids is 2. The second kappa shape index (κ2) is 13.8. The van der Waals surface area contributed by atoms with E-state index in [4.69, 9.17) is 9.47 Å². The van der Waals surface area contributed by atoms with Gasteiger partial charge in [-0.05, 0) is 48.6 Å². The molecule has 0 radical (unpaired) electrons. The van der Waals surface area contributed by atoms with Crippen molar-refractivity contribution >= 4 is 11.9 Å². The normalized spacial score (nSPS) is 22.5. The Morgan fingerprint density at radius 2 is 1.78 bits per heavy atom. The highest BCUT2D eigenvalue weighted by Crippen LogP contribution is 2.29. The molecule has 5 rings (SSSR count). The highest BCUT2D eigenvalue weighted by atomic mass is 16.5. The predicted octanol–water partition coefficient (Wildman–Crippen LogP) is 4.44. The summed E-state index contributed by atoms with van der Waals surface area (Å²) in [7, 11) is 0. The Morgan fingerprint density at radius 1 is 1.02 bits per heavy atom. The SMILES string of the molecule is N#CC1(NC(=O)C(CC2CCCCC2)NC(=O)N2CCOCC2)CCN(Cc2cccc(Oc3ccccc3)c2)C1. The van der Waals surface area contributed by atoms with Crippen LogP contribution in [0.5, 0.6) is 11.5 Å². The van der Waals surface area contributed by atoms with Crippen molar-refractivity contribution < 1.29 is 19.1 Å². The van der Waals surface area contributed by atoms with Gasteiger partial charge in [0, 0.05) is 32.7 Å². The smallest absolute Gasteiger partial charge is 0.318 e. The van der Waals surface area contributed by atoms with Gasteiger partial charge in [-0.2, -0.15) is 5.26 Å². The molecule has 1 aliphatic carbocycles. The molecule has 0 aromatic heterocycles. The molecule has 2 unspecified atom stereocenters. The van der Waals surface area contributed by atoms with Crippen molar-refractivity contribution in [2.24, 2.45) is 5.92 Å². The van der Waals surface area contributed by atoms with Crippen LogP contribution in [0.15, 0.2) is 54.6 Å². The first kappa shape index (κ1) is 28.9. The van der Waals surface area contributed by atoms with E-state index in [1.54, 1.807) is 4.90 Å². The maximum Gasteiger partial charge on any atom is 0.318 e. The summed E-state index contributed by atoms with van der Waals surface area (Å²) in [6, 6.07) is 19.1. The first-order chi connectivity index (χ1) is 20.0. The number of nitriles is 1. The van der Waals surface area contributed by atoms with Gasteiger partial charge in [-0.15, -0.1) is 0 Å². The Hall–Kier alpha value is -3.61. The molecule has 0 bridgehead atoms. The molecule has 2 aliphatic heterocycles. The molecule has 3 aliphatic rings. The van der Waals surface area contributed by atoms with E-state index in [1.165, 1.54) is 6.42 Å². The predicted molar refractivity (Wildman–Crippen MR) is 155 cm³/mol. The number of likely N-dealkylation sites (tertiary alicyclic amines) is 1. The molecule has 3 fully saturated rings. The maximum absolute atomic E-state index is 13.7. The number of nitrogens with zero attached hydrogens (tertiary/aromatic N) is 3. The number of carbonyl (C=O) groups is 2. The number of nitrogens with one attached hydrogen (secondary N) is 2. The number of benzene rings is 2. The Kier molecular flexibility index (Phi) is 9.75. The van der Waals surface area contributed by atoms with E-state index in [0.717, 1.165) is 42.7 Å².